The van der Waals surface area contributed by atoms with Gasteiger partial charge in [-0.1, -0.05) is 6.92 Å². The van der Waals surface area contributed by atoms with Gasteiger partial charge in [-0.25, -0.2) is 4.98 Å². The summed E-state index contributed by atoms with van der Waals surface area (Å²) in [7, 11) is 0. The lowest BCUT2D eigenvalue weighted by Gasteiger charge is -2.16. The molecule has 0 saturated carbocycles. The average molecular weight is 213 g/mol. The van der Waals surface area contributed by atoms with Crippen LogP contribution in [0.2, 0.25) is 0 Å². The Morgan fingerprint density at radius 3 is 2.64 bits per heavy atom. The molecule has 1 rings (SSSR count). The van der Waals surface area contributed by atoms with E-state index in [1.807, 2.05) is 6.20 Å². The van der Waals surface area contributed by atoms with Gasteiger partial charge >= 0.3 is 0 Å². The Kier molecular flexibility index (Phi) is 4.35. The molecular formula is C10H19N3S. The molecule has 0 aliphatic heterocycles. The number of rotatable bonds is 5. The van der Waals surface area contributed by atoms with Crippen molar-refractivity contribution in [3.05, 3.63) is 11.1 Å². The van der Waals surface area contributed by atoms with Gasteiger partial charge in [0.05, 0.1) is 0 Å². The van der Waals surface area contributed by atoms with Gasteiger partial charge in [-0.05, 0) is 20.4 Å². The second-order valence-corrected chi connectivity index (χ2v) is 4.39. The van der Waals surface area contributed by atoms with Crippen LogP contribution in [0.1, 0.15) is 31.6 Å². The van der Waals surface area contributed by atoms with Crippen molar-refractivity contribution < 1.29 is 0 Å². The Hall–Kier alpha value is -0.610. The molecule has 1 aromatic rings. The highest BCUT2D eigenvalue weighted by molar-refractivity contribution is 7.15. The van der Waals surface area contributed by atoms with E-state index >= 15 is 0 Å². The van der Waals surface area contributed by atoms with Crippen molar-refractivity contribution in [2.24, 2.45) is 5.73 Å². The molecule has 1 aromatic heterocycles. The smallest absolute Gasteiger partial charge is 0.185 e. The minimum atomic E-state index is 0.428. The molecular weight excluding hydrogens is 194 g/mol. The molecule has 4 heteroatoms. The van der Waals surface area contributed by atoms with E-state index in [0.29, 0.717) is 12.5 Å². The fourth-order valence-electron chi connectivity index (χ4n) is 1.26. The van der Waals surface area contributed by atoms with E-state index in [1.165, 1.54) is 4.88 Å². The van der Waals surface area contributed by atoms with Crippen LogP contribution >= 0.6 is 11.3 Å². The lowest BCUT2D eigenvalue weighted by Crippen LogP contribution is -2.21. The zero-order chi connectivity index (χ0) is 10.6. The van der Waals surface area contributed by atoms with E-state index < -0.39 is 0 Å². The first-order chi connectivity index (χ1) is 6.72. The fourth-order valence-corrected chi connectivity index (χ4v) is 2.37. The van der Waals surface area contributed by atoms with Crippen LogP contribution in [0.5, 0.6) is 0 Å². The van der Waals surface area contributed by atoms with Gasteiger partial charge in [-0.15, -0.1) is 11.3 Å². The number of anilines is 1. The van der Waals surface area contributed by atoms with Crippen LogP contribution < -0.4 is 10.6 Å². The molecule has 0 spiro atoms. The van der Waals surface area contributed by atoms with Crippen LogP contribution in [-0.4, -0.2) is 24.6 Å². The van der Waals surface area contributed by atoms with Crippen molar-refractivity contribution in [1.82, 2.24) is 4.98 Å². The summed E-state index contributed by atoms with van der Waals surface area (Å²) in [5.41, 5.74) is 5.62. The van der Waals surface area contributed by atoms with Gasteiger partial charge in [0.2, 0.25) is 0 Å². The predicted octanol–water partition coefficient (Wildman–Crippen LogP) is 2.05. The third-order valence-corrected chi connectivity index (χ3v) is 3.67. The maximum absolute atomic E-state index is 5.62. The van der Waals surface area contributed by atoms with Gasteiger partial charge in [0.15, 0.2) is 5.13 Å². The Bertz CT molecular complexity index is 268. The lowest BCUT2D eigenvalue weighted by molar-refractivity contribution is 0.787. The van der Waals surface area contributed by atoms with E-state index in [2.05, 4.69) is 30.7 Å². The molecule has 1 atom stereocenters. The number of nitrogens with zero attached hydrogens (tertiary/aromatic N) is 2. The number of hydrogen-bond acceptors (Lipinski definition) is 4. The van der Waals surface area contributed by atoms with Crippen LogP contribution in [0.3, 0.4) is 0 Å². The Morgan fingerprint density at radius 2 is 2.14 bits per heavy atom. The number of hydrogen-bond donors (Lipinski definition) is 1. The topological polar surface area (TPSA) is 42.2 Å². The minimum Gasteiger partial charge on any atom is -0.349 e. The van der Waals surface area contributed by atoms with Gasteiger partial charge in [0, 0.05) is 30.1 Å². The molecule has 1 unspecified atom stereocenters. The van der Waals surface area contributed by atoms with Crippen LogP contribution in [0, 0.1) is 0 Å². The zero-order valence-corrected chi connectivity index (χ0v) is 9.97. The van der Waals surface area contributed by atoms with Gasteiger partial charge in [0.1, 0.15) is 0 Å². The lowest BCUT2D eigenvalue weighted by atomic mass is 10.2. The van der Waals surface area contributed by atoms with Crippen LogP contribution in [0.15, 0.2) is 6.20 Å². The normalized spacial score (nSPS) is 12.9. The van der Waals surface area contributed by atoms with Crippen molar-refractivity contribution in [3.8, 4) is 0 Å². The third kappa shape index (κ3) is 2.45. The second-order valence-electron chi connectivity index (χ2n) is 3.35. The molecule has 0 aliphatic carbocycles. The predicted molar refractivity (Wildman–Crippen MR) is 63.1 cm³/mol. The van der Waals surface area contributed by atoms with Crippen molar-refractivity contribution in [2.45, 2.75) is 26.7 Å². The summed E-state index contributed by atoms with van der Waals surface area (Å²) in [5, 5.41) is 1.12. The molecule has 0 bridgehead atoms. The molecule has 0 fully saturated rings. The standard InChI is InChI=1S/C10H19N3S/c1-4-13(5-2)10-12-7-9(14-10)8(3)6-11/h7-8H,4-6,11H2,1-3H3. The molecule has 0 saturated heterocycles. The quantitative estimate of drug-likeness (QED) is 0.814. The molecule has 0 aromatic carbocycles. The summed E-state index contributed by atoms with van der Waals surface area (Å²) < 4.78 is 0. The summed E-state index contributed by atoms with van der Waals surface area (Å²) in [6, 6.07) is 0. The van der Waals surface area contributed by atoms with Gasteiger partial charge in [-0.3, -0.25) is 0 Å². The molecule has 3 nitrogen and oxygen atoms in total. The molecule has 80 valence electrons. The molecule has 0 amide bonds. The molecule has 14 heavy (non-hydrogen) atoms. The number of nitrogens with two attached hydrogens (primary N) is 1. The monoisotopic (exact) mass is 213 g/mol. The maximum atomic E-state index is 5.62. The third-order valence-electron chi connectivity index (χ3n) is 2.38. The van der Waals surface area contributed by atoms with Gasteiger partial charge < -0.3 is 10.6 Å². The Morgan fingerprint density at radius 1 is 1.50 bits per heavy atom. The largest absolute Gasteiger partial charge is 0.349 e. The molecule has 1 heterocycles. The first kappa shape index (κ1) is 11.5. The van der Waals surface area contributed by atoms with Gasteiger partial charge in [-0.2, -0.15) is 0 Å². The second kappa shape index (κ2) is 5.32. The van der Waals surface area contributed by atoms with Crippen molar-refractivity contribution >= 4 is 16.5 Å². The summed E-state index contributed by atoms with van der Waals surface area (Å²) in [6.45, 7) is 9.16. The van der Waals surface area contributed by atoms with Crippen LogP contribution in [-0.2, 0) is 0 Å². The number of aromatic nitrogens is 1. The summed E-state index contributed by atoms with van der Waals surface area (Å²) >= 11 is 1.76. The highest BCUT2D eigenvalue weighted by Crippen LogP contribution is 2.27. The van der Waals surface area contributed by atoms with Crippen molar-refractivity contribution in [1.29, 1.82) is 0 Å². The first-order valence-electron chi connectivity index (χ1n) is 5.13. The molecule has 0 radical (unpaired) electrons. The average Bonchev–Trinajstić information content (AvgIpc) is 2.68. The van der Waals surface area contributed by atoms with E-state index in [0.717, 1.165) is 18.2 Å². The summed E-state index contributed by atoms with van der Waals surface area (Å²) in [6.07, 6.45) is 1.95. The Balaban J connectivity index is 2.76. The minimum absolute atomic E-state index is 0.428. The number of thiazole rings is 1. The van der Waals surface area contributed by atoms with Crippen LogP contribution in [0.25, 0.3) is 0 Å². The zero-order valence-electron chi connectivity index (χ0n) is 9.16. The maximum Gasteiger partial charge on any atom is 0.185 e. The van der Waals surface area contributed by atoms with E-state index in [-0.39, 0.29) is 0 Å². The summed E-state index contributed by atoms with van der Waals surface area (Å²) in [5.74, 6) is 0.428. The highest BCUT2D eigenvalue weighted by atomic mass is 32.1. The Labute approximate surface area is 89.9 Å². The van der Waals surface area contributed by atoms with E-state index in [9.17, 15) is 0 Å². The van der Waals surface area contributed by atoms with Crippen LogP contribution in [0.4, 0.5) is 5.13 Å². The molecule has 0 aliphatic rings. The molecule has 2 N–H and O–H groups in total. The SMILES string of the molecule is CCN(CC)c1ncc(C(C)CN)s1. The summed E-state index contributed by atoms with van der Waals surface area (Å²) in [4.78, 5) is 7.96. The van der Waals surface area contributed by atoms with Crippen molar-refractivity contribution in [2.75, 3.05) is 24.5 Å². The van der Waals surface area contributed by atoms with Crippen molar-refractivity contribution in [3.63, 3.8) is 0 Å². The van der Waals surface area contributed by atoms with E-state index in [1.54, 1.807) is 11.3 Å². The first-order valence-corrected chi connectivity index (χ1v) is 5.95. The van der Waals surface area contributed by atoms with E-state index in [4.69, 9.17) is 5.73 Å². The van der Waals surface area contributed by atoms with Gasteiger partial charge in [0.25, 0.3) is 0 Å². The fraction of sp³-hybridized carbons (Fsp3) is 0.700. The highest BCUT2D eigenvalue weighted by Gasteiger charge is 2.11.